The predicted octanol–water partition coefficient (Wildman–Crippen LogP) is 2.54. The maximum atomic E-state index is 10.6. The van der Waals surface area contributed by atoms with Crippen molar-refractivity contribution in [1.82, 2.24) is 0 Å². The van der Waals surface area contributed by atoms with E-state index in [0.29, 0.717) is 0 Å². The van der Waals surface area contributed by atoms with E-state index < -0.39 is 11.0 Å². The summed E-state index contributed by atoms with van der Waals surface area (Å²) in [5, 5.41) is 19.4. The van der Waals surface area contributed by atoms with Crippen molar-refractivity contribution in [3.05, 3.63) is 33.3 Å². The number of hydrogen-bond donors (Lipinski definition) is 0. The number of nitriles is 1. The second-order valence-electron chi connectivity index (χ2n) is 2.76. The summed E-state index contributed by atoms with van der Waals surface area (Å²) in [7, 11) is 0. The van der Waals surface area contributed by atoms with Gasteiger partial charge in [0.2, 0.25) is 0 Å². The van der Waals surface area contributed by atoms with Gasteiger partial charge in [0.25, 0.3) is 0 Å². The van der Waals surface area contributed by atoms with Crippen molar-refractivity contribution in [2.45, 2.75) is 13.0 Å². The van der Waals surface area contributed by atoms with E-state index in [2.05, 4.69) is 0 Å². The molecule has 0 aliphatic carbocycles. The van der Waals surface area contributed by atoms with Gasteiger partial charge in [0.05, 0.1) is 4.92 Å². The SMILES string of the molecule is C[C@H](C#N)Oc1ccc(Cl)cc1[N+](=O)[O-]. The highest BCUT2D eigenvalue weighted by molar-refractivity contribution is 6.30. The number of nitro benzene ring substituents is 1. The van der Waals surface area contributed by atoms with Gasteiger partial charge in [0, 0.05) is 11.1 Å². The molecule has 0 bridgehead atoms. The van der Waals surface area contributed by atoms with Gasteiger partial charge in [-0.05, 0) is 19.1 Å². The maximum absolute atomic E-state index is 10.6. The van der Waals surface area contributed by atoms with Gasteiger partial charge in [-0.15, -0.1) is 0 Å². The van der Waals surface area contributed by atoms with Gasteiger partial charge in [-0.3, -0.25) is 10.1 Å². The van der Waals surface area contributed by atoms with Crippen LogP contribution in [0.25, 0.3) is 0 Å². The van der Waals surface area contributed by atoms with E-state index in [-0.39, 0.29) is 16.5 Å². The lowest BCUT2D eigenvalue weighted by Crippen LogP contribution is -2.09. The zero-order valence-electron chi connectivity index (χ0n) is 7.81. The van der Waals surface area contributed by atoms with Crippen LogP contribution in [0.15, 0.2) is 18.2 Å². The number of benzene rings is 1. The third kappa shape index (κ3) is 2.82. The van der Waals surface area contributed by atoms with E-state index in [1.807, 2.05) is 6.07 Å². The summed E-state index contributed by atoms with van der Waals surface area (Å²) in [6, 6.07) is 5.83. The van der Waals surface area contributed by atoms with Gasteiger partial charge >= 0.3 is 5.69 Å². The second kappa shape index (κ2) is 4.62. The van der Waals surface area contributed by atoms with Crippen LogP contribution in [0.1, 0.15) is 6.92 Å². The third-order valence-corrected chi connectivity index (χ3v) is 1.84. The van der Waals surface area contributed by atoms with Crippen LogP contribution in [0.5, 0.6) is 5.75 Å². The molecular formula is C9H7ClN2O3. The number of ether oxygens (including phenoxy) is 1. The van der Waals surface area contributed by atoms with Crippen LogP contribution in [-0.2, 0) is 0 Å². The Hall–Kier alpha value is -1.80. The highest BCUT2D eigenvalue weighted by Gasteiger charge is 2.17. The summed E-state index contributed by atoms with van der Waals surface area (Å²) in [5.74, 6) is 0.0402. The van der Waals surface area contributed by atoms with Crippen molar-refractivity contribution < 1.29 is 9.66 Å². The minimum Gasteiger partial charge on any atom is -0.469 e. The molecule has 0 spiro atoms. The molecule has 5 nitrogen and oxygen atoms in total. The average molecular weight is 227 g/mol. The zero-order chi connectivity index (χ0) is 11.4. The van der Waals surface area contributed by atoms with E-state index in [9.17, 15) is 10.1 Å². The molecule has 6 heteroatoms. The normalized spacial score (nSPS) is 11.5. The van der Waals surface area contributed by atoms with Crippen LogP contribution in [0.2, 0.25) is 5.02 Å². The van der Waals surface area contributed by atoms with Gasteiger partial charge < -0.3 is 4.74 Å². The summed E-state index contributed by atoms with van der Waals surface area (Å²) in [6.45, 7) is 1.50. The van der Waals surface area contributed by atoms with E-state index in [4.69, 9.17) is 21.6 Å². The summed E-state index contributed by atoms with van der Waals surface area (Å²) in [6.07, 6.45) is -0.745. The van der Waals surface area contributed by atoms with Crippen molar-refractivity contribution in [2.24, 2.45) is 0 Å². The van der Waals surface area contributed by atoms with Gasteiger partial charge in [0.15, 0.2) is 11.9 Å². The van der Waals surface area contributed by atoms with E-state index >= 15 is 0 Å². The first-order valence-corrected chi connectivity index (χ1v) is 4.42. The maximum Gasteiger partial charge on any atom is 0.312 e. The molecule has 0 N–H and O–H groups in total. The minimum absolute atomic E-state index is 0.0402. The molecule has 1 rings (SSSR count). The Morgan fingerprint density at radius 2 is 2.33 bits per heavy atom. The molecule has 0 saturated carbocycles. The highest BCUT2D eigenvalue weighted by Crippen LogP contribution is 2.30. The molecule has 0 aromatic heterocycles. The Morgan fingerprint density at radius 3 is 2.87 bits per heavy atom. The standard InChI is InChI=1S/C9H7ClN2O3/c1-6(5-11)15-9-3-2-7(10)4-8(9)12(13)14/h2-4,6H,1H3/t6-/m1/s1. The molecule has 0 aliphatic heterocycles. The lowest BCUT2D eigenvalue weighted by Gasteiger charge is -2.07. The molecule has 0 fully saturated rings. The molecule has 1 atom stereocenters. The van der Waals surface area contributed by atoms with Crippen molar-refractivity contribution in [3.8, 4) is 11.8 Å². The van der Waals surface area contributed by atoms with E-state index in [1.54, 1.807) is 0 Å². The van der Waals surface area contributed by atoms with Crippen LogP contribution in [0.3, 0.4) is 0 Å². The minimum atomic E-state index is -0.745. The van der Waals surface area contributed by atoms with Crippen LogP contribution >= 0.6 is 11.6 Å². The smallest absolute Gasteiger partial charge is 0.312 e. The molecule has 0 aliphatic rings. The molecule has 0 saturated heterocycles. The molecule has 0 heterocycles. The number of nitro groups is 1. The number of nitrogens with zero attached hydrogens (tertiary/aromatic N) is 2. The Labute approximate surface area is 91.0 Å². The Morgan fingerprint density at radius 1 is 1.67 bits per heavy atom. The fraction of sp³-hybridized carbons (Fsp3) is 0.222. The van der Waals surface area contributed by atoms with Crippen molar-refractivity contribution in [1.29, 1.82) is 5.26 Å². The molecule has 0 unspecified atom stereocenters. The lowest BCUT2D eigenvalue weighted by atomic mass is 10.3. The zero-order valence-corrected chi connectivity index (χ0v) is 8.56. The molecule has 78 valence electrons. The molecule has 15 heavy (non-hydrogen) atoms. The predicted molar refractivity (Wildman–Crippen MR) is 53.8 cm³/mol. The quantitative estimate of drug-likeness (QED) is 0.586. The van der Waals surface area contributed by atoms with Crippen LogP contribution < -0.4 is 4.74 Å². The van der Waals surface area contributed by atoms with Gasteiger partial charge in [-0.25, -0.2) is 0 Å². The van der Waals surface area contributed by atoms with E-state index in [1.165, 1.54) is 25.1 Å². The van der Waals surface area contributed by atoms with Gasteiger partial charge in [-0.1, -0.05) is 11.6 Å². The molecule has 1 aromatic carbocycles. The van der Waals surface area contributed by atoms with Crippen molar-refractivity contribution in [3.63, 3.8) is 0 Å². The van der Waals surface area contributed by atoms with Crippen LogP contribution in [-0.4, -0.2) is 11.0 Å². The topological polar surface area (TPSA) is 76.2 Å². The van der Waals surface area contributed by atoms with Crippen molar-refractivity contribution >= 4 is 17.3 Å². The Kier molecular flexibility index (Phi) is 3.47. The second-order valence-corrected chi connectivity index (χ2v) is 3.19. The Balaban J connectivity index is 3.07. The average Bonchev–Trinajstić information content (AvgIpc) is 2.20. The first-order chi connectivity index (χ1) is 7.04. The fourth-order valence-corrected chi connectivity index (χ4v) is 1.12. The first kappa shape index (κ1) is 11.3. The van der Waals surface area contributed by atoms with Crippen LogP contribution in [0.4, 0.5) is 5.69 Å². The Bertz CT molecular complexity index is 428. The fourth-order valence-electron chi connectivity index (χ4n) is 0.950. The summed E-state index contributed by atoms with van der Waals surface area (Å²) in [5.41, 5.74) is -0.246. The molecule has 0 amide bonds. The lowest BCUT2D eigenvalue weighted by molar-refractivity contribution is -0.386. The molecule has 1 aromatic rings. The van der Waals surface area contributed by atoms with Crippen molar-refractivity contribution in [2.75, 3.05) is 0 Å². The van der Waals surface area contributed by atoms with E-state index in [0.717, 1.165) is 0 Å². The summed E-state index contributed by atoms with van der Waals surface area (Å²) in [4.78, 5) is 10.0. The third-order valence-electron chi connectivity index (χ3n) is 1.60. The summed E-state index contributed by atoms with van der Waals surface area (Å²) >= 11 is 5.61. The highest BCUT2D eigenvalue weighted by atomic mass is 35.5. The molecule has 0 radical (unpaired) electrons. The number of halogens is 1. The number of rotatable bonds is 3. The number of hydrogen-bond acceptors (Lipinski definition) is 4. The van der Waals surface area contributed by atoms with Gasteiger partial charge in [0.1, 0.15) is 6.07 Å². The van der Waals surface area contributed by atoms with Crippen LogP contribution in [0, 0.1) is 21.4 Å². The van der Waals surface area contributed by atoms with Gasteiger partial charge in [-0.2, -0.15) is 5.26 Å². The largest absolute Gasteiger partial charge is 0.469 e. The first-order valence-electron chi connectivity index (χ1n) is 4.05. The monoisotopic (exact) mass is 226 g/mol. The summed E-state index contributed by atoms with van der Waals surface area (Å²) < 4.78 is 5.05. The molecular weight excluding hydrogens is 220 g/mol.